The number of hydrogen-bond donors (Lipinski definition) is 2. The summed E-state index contributed by atoms with van der Waals surface area (Å²) in [7, 11) is 0. The molecule has 1 fully saturated rings. The van der Waals surface area contributed by atoms with Crippen molar-refractivity contribution in [2.24, 2.45) is 5.92 Å². The SMILES string of the molecule is CC1CCCCC1NC(=O)c1c(F)ccc([N+](=O)[O-])c1N. The van der Waals surface area contributed by atoms with Gasteiger partial charge in [-0.2, -0.15) is 0 Å². The molecule has 3 N–H and O–H groups in total. The van der Waals surface area contributed by atoms with Crippen molar-refractivity contribution in [1.82, 2.24) is 5.32 Å². The van der Waals surface area contributed by atoms with E-state index in [0.717, 1.165) is 37.8 Å². The summed E-state index contributed by atoms with van der Waals surface area (Å²) in [5.41, 5.74) is 4.25. The first kappa shape index (κ1) is 15.2. The molecule has 0 heterocycles. The van der Waals surface area contributed by atoms with E-state index in [4.69, 9.17) is 5.73 Å². The number of rotatable bonds is 3. The van der Waals surface area contributed by atoms with Gasteiger partial charge in [0.1, 0.15) is 17.1 Å². The lowest BCUT2D eigenvalue weighted by molar-refractivity contribution is -0.384. The first-order chi connectivity index (χ1) is 9.91. The summed E-state index contributed by atoms with van der Waals surface area (Å²) in [6, 6.07) is 1.81. The number of amides is 1. The third-order valence-corrected chi connectivity index (χ3v) is 4.02. The summed E-state index contributed by atoms with van der Waals surface area (Å²) in [5, 5.41) is 13.6. The van der Waals surface area contributed by atoms with Crippen LogP contribution < -0.4 is 11.1 Å². The number of benzene rings is 1. The second-order valence-corrected chi connectivity index (χ2v) is 5.45. The number of nitro benzene ring substituents is 1. The number of hydrogen-bond acceptors (Lipinski definition) is 4. The number of nitro groups is 1. The van der Waals surface area contributed by atoms with Gasteiger partial charge < -0.3 is 11.1 Å². The minimum absolute atomic E-state index is 0.0516. The molecule has 1 aliphatic rings. The van der Waals surface area contributed by atoms with Crippen molar-refractivity contribution in [3.63, 3.8) is 0 Å². The van der Waals surface area contributed by atoms with Crippen LogP contribution in [0.15, 0.2) is 12.1 Å². The van der Waals surface area contributed by atoms with Gasteiger partial charge in [0.2, 0.25) is 0 Å². The summed E-state index contributed by atoms with van der Waals surface area (Å²) >= 11 is 0. The van der Waals surface area contributed by atoms with Crippen molar-refractivity contribution in [1.29, 1.82) is 0 Å². The van der Waals surface area contributed by atoms with Crippen molar-refractivity contribution in [3.8, 4) is 0 Å². The van der Waals surface area contributed by atoms with Crippen LogP contribution in [0, 0.1) is 21.8 Å². The van der Waals surface area contributed by atoms with Gasteiger partial charge in [0.05, 0.1) is 4.92 Å². The minimum Gasteiger partial charge on any atom is -0.392 e. The van der Waals surface area contributed by atoms with Gasteiger partial charge in [-0.3, -0.25) is 14.9 Å². The fourth-order valence-electron chi connectivity index (χ4n) is 2.74. The molecule has 7 heteroatoms. The van der Waals surface area contributed by atoms with Crippen molar-refractivity contribution < 1.29 is 14.1 Å². The fraction of sp³-hybridized carbons (Fsp3) is 0.500. The highest BCUT2D eigenvalue weighted by Gasteiger charge is 2.28. The number of halogens is 1. The third-order valence-electron chi connectivity index (χ3n) is 4.02. The average molecular weight is 295 g/mol. The van der Waals surface area contributed by atoms with Gasteiger partial charge in [0, 0.05) is 12.1 Å². The fourth-order valence-corrected chi connectivity index (χ4v) is 2.74. The molecule has 1 saturated carbocycles. The van der Waals surface area contributed by atoms with Crippen molar-refractivity contribution in [2.75, 3.05) is 5.73 Å². The molecule has 1 aliphatic carbocycles. The second-order valence-electron chi connectivity index (χ2n) is 5.45. The molecule has 0 spiro atoms. The van der Waals surface area contributed by atoms with E-state index in [1.165, 1.54) is 0 Å². The first-order valence-electron chi connectivity index (χ1n) is 6.95. The highest BCUT2D eigenvalue weighted by atomic mass is 19.1. The molecule has 2 rings (SSSR count). The maximum atomic E-state index is 13.8. The number of nitrogens with two attached hydrogens (primary N) is 1. The number of carbonyl (C=O) groups excluding carboxylic acids is 1. The van der Waals surface area contributed by atoms with Crippen LogP contribution in [0.2, 0.25) is 0 Å². The van der Waals surface area contributed by atoms with E-state index in [1.807, 2.05) is 6.92 Å². The first-order valence-corrected chi connectivity index (χ1v) is 6.95. The molecule has 0 aromatic heterocycles. The van der Waals surface area contributed by atoms with E-state index < -0.39 is 33.6 Å². The van der Waals surface area contributed by atoms with Gasteiger partial charge in [0.25, 0.3) is 11.6 Å². The molecule has 6 nitrogen and oxygen atoms in total. The lowest BCUT2D eigenvalue weighted by atomic mass is 9.86. The van der Waals surface area contributed by atoms with Crippen LogP contribution in [0.4, 0.5) is 15.8 Å². The highest BCUT2D eigenvalue weighted by Crippen LogP contribution is 2.29. The minimum atomic E-state index is -0.848. The summed E-state index contributed by atoms with van der Waals surface area (Å²) in [5.74, 6) is -1.24. The quantitative estimate of drug-likeness (QED) is 0.508. The van der Waals surface area contributed by atoms with E-state index in [-0.39, 0.29) is 6.04 Å². The Balaban J connectivity index is 2.26. The number of carbonyl (C=O) groups is 1. The van der Waals surface area contributed by atoms with Crippen molar-refractivity contribution in [3.05, 3.63) is 33.6 Å². The Labute approximate surface area is 121 Å². The van der Waals surface area contributed by atoms with Gasteiger partial charge in [-0.15, -0.1) is 0 Å². The third kappa shape index (κ3) is 3.12. The average Bonchev–Trinajstić information content (AvgIpc) is 2.41. The van der Waals surface area contributed by atoms with Crippen molar-refractivity contribution in [2.45, 2.75) is 38.6 Å². The molecule has 114 valence electrons. The van der Waals surface area contributed by atoms with Gasteiger partial charge in [0.15, 0.2) is 0 Å². The predicted molar refractivity (Wildman–Crippen MR) is 76.4 cm³/mol. The zero-order valence-corrected chi connectivity index (χ0v) is 11.8. The largest absolute Gasteiger partial charge is 0.392 e. The van der Waals surface area contributed by atoms with E-state index in [9.17, 15) is 19.3 Å². The molecule has 0 aliphatic heterocycles. The Bertz CT molecular complexity index is 577. The number of nitrogens with zero attached hydrogens (tertiary/aromatic N) is 1. The number of anilines is 1. The monoisotopic (exact) mass is 295 g/mol. The molecular weight excluding hydrogens is 277 g/mol. The molecule has 21 heavy (non-hydrogen) atoms. The molecular formula is C14H18FN3O3. The van der Waals surface area contributed by atoms with Crippen LogP contribution in [0.25, 0.3) is 0 Å². The smallest absolute Gasteiger partial charge is 0.293 e. The highest BCUT2D eigenvalue weighted by molar-refractivity contribution is 6.01. The Hall–Kier alpha value is -2.18. The standard InChI is InChI=1S/C14H18FN3O3/c1-8-4-2-3-5-10(8)17-14(19)12-9(15)6-7-11(13(12)16)18(20)21/h6-8,10H,2-5,16H2,1H3,(H,17,19). The van der Waals surface area contributed by atoms with E-state index in [1.54, 1.807) is 0 Å². The second kappa shape index (κ2) is 6.07. The Morgan fingerprint density at radius 2 is 2.10 bits per heavy atom. The van der Waals surface area contributed by atoms with Gasteiger partial charge in [-0.05, 0) is 24.8 Å². The van der Waals surface area contributed by atoms with Crippen LogP contribution >= 0.6 is 0 Å². The van der Waals surface area contributed by atoms with Gasteiger partial charge >= 0.3 is 0 Å². The topological polar surface area (TPSA) is 98.3 Å². The van der Waals surface area contributed by atoms with E-state index in [2.05, 4.69) is 5.32 Å². The zero-order chi connectivity index (χ0) is 15.6. The van der Waals surface area contributed by atoms with Crippen LogP contribution in [-0.4, -0.2) is 16.9 Å². The van der Waals surface area contributed by atoms with E-state index >= 15 is 0 Å². The Kier molecular flexibility index (Phi) is 4.40. The molecule has 1 amide bonds. The molecule has 1 aromatic rings. The van der Waals surface area contributed by atoms with Crippen LogP contribution in [0.1, 0.15) is 43.0 Å². The number of nitrogens with one attached hydrogen (secondary N) is 1. The summed E-state index contributed by atoms with van der Waals surface area (Å²) in [4.78, 5) is 22.3. The Morgan fingerprint density at radius 3 is 2.71 bits per heavy atom. The van der Waals surface area contributed by atoms with E-state index in [0.29, 0.717) is 5.92 Å². The molecule has 1 aromatic carbocycles. The van der Waals surface area contributed by atoms with Gasteiger partial charge in [-0.1, -0.05) is 19.8 Å². The molecule has 2 unspecified atom stereocenters. The van der Waals surface area contributed by atoms with Gasteiger partial charge in [-0.25, -0.2) is 4.39 Å². The predicted octanol–water partition coefficient (Wildman–Crippen LogP) is 2.62. The normalized spacial score (nSPS) is 21.8. The molecule has 0 saturated heterocycles. The van der Waals surface area contributed by atoms with Crippen LogP contribution in [-0.2, 0) is 0 Å². The Morgan fingerprint density at radius 1 is 1.43 bits per heavy atom. The summed E-state index contributed by atoms with van der Waals surface area (Å²) in [6.07, 6.45) is 3.93. The summed E-state index contributed by atoms with van der Waals surface area (Å²) < 4.78 is 13.8. The maximum absolute atomic E-state index is 13.8. The van der Waals surface area contributed by atoms with Crippen molar-refractivity contribution >= 4 is 17.3 Å². The summed E-state index contributed by atoms with van der Waals surface area (Å²) in [6.45, 7) is 2.03. The molecule has 0 bridgehead atoms. The number of nitrogen functional groups attached to an aromatic ring is 1. The maximum Gasteiger partial charge on any atom is 0.293 e. The lowest BCUT2D eigenvalue weighted by Gasteiger charge is -2.29. The molecule has 0 radical (unpaired) electrons. The van der Waals surface area contributed by atoms with Crippen LogP contribution in [0.5, 0.6) is 0 Å². The molecule has 2 atom stereocenters. The zero-order valence-electron chi connectivity index (χ0n) is 11.8. The van der Waals surface area contributed by atoms with Crippen LogP contribution in [0.3, 0.4) is 0 Å². The lowest BCUT2D eigenvalue weighted by Crippen LogP contribution is -2.41.